The number of rotatable bonds is 6. The smallest absolute Gasteiger partial charge is 0.192 e. The highest BCUT2D eigenvalue weighted by atomic mass is 16.6. The van der Waals surface area contributed by atoms with Gasteiger partial charge in [0.25, 0.3) is 0 Å². The first-order chi connectivity index (χ1) is 11.7. The Bertz CT molecular complexity index is 613. The average molecular weight is 326 g/mol. The van der Waals surface area contributed by atoms with Crippen LogP contribution in [0.5, 0.6) is 5.75 Å². The van der Waals surface area contributed by atoms with Crippen LogP contribution < -0.4 is 4.74 Å². The van der Waals surface area contributed by atoms with E-state index in [1.165, 1.54) is 12.8 Å². The Kier molecular flexibility index (Phi) is 5.54. The highest BCUT2D eigenvalue weighted by Gasteiger charge is 2.35. The van der Waals surface area contributed by atoms with E-state index in [9.17, 15) is 5.11 Å². The molecule has 0 amide bonds. The Morgan fingerprint density at radius 2 is 1.88 bits per heavy atom. The summed E-state index contributed by atoms with van der Waals surface area (Å²) in [6, 6.07) is 17.7. The average Bonchev–Trinajstić information content (AvgIpc) is 2.64. The molecule has 1 heterocycles. The lowest BCUT2D eigenvalue weighted by Crippen LogP contribution is -2.36. The third kappa shape index (κ3) is 4.16. The third-order valence-electron chi connectivity index (χ3n) is 4.70. The molecule has 0 unspecified atom stereocenters. The molecule has 128 valence electrons. The maximum absolute atomic E-state index is 10.8. The summed E-state index contributed by atoms with van der Waals surface area (Å²) in [4.78, 5) is 0. The van der Waals surface area contributed by atoms with Gasteiger partial charge in [-0.25, -0.2) is 0 Å². The van der Waals surface area contributed by atoms with Crippen LogP contribution in [0.15, 0.2) is 54.6 Å². The molecule has 1 saturated heterocycles. The molecule has 3 rings (SSSR count). The summed E-state index contributed by atoms with van der Waals surface area (Å²) in [5, 5.41) is 10.8. The van der Waals surface area contributed by atoms with Gasteiger partial charge in [0, 0.05) is 12.0 Å². The third-order valence-corrected chi connectivity index (χ3v) is 4.70. The van der Waals surface area contributed by atoms with E-state index in [4.69, 9.17) is 9.47 Å². The van der Waals surface area contributed by atoms with E-state index in [-0.39, 0.29) is 0 Å². The van der Waals surface area contributed by atoms with Crippen LogP contribution in [0.4, 0.5) is 0 Å². The van der Waals surface area contributed by atoms with Crippen LogP contribution in [0.2, 0.25) is 0 Å². The van der Waals surface area contributed by atoms with Crippen LogP contribution in [-0.4, -0.2) is 11.7 Å². The number of ether oxygens (including phenoxy) is 2. The van der Waals surface area contributed by atoms with Gasteiger partial charge < -0.3 is 14.6 Å². The van der Waals surface area contributed by atoms with E-state index in [0.717, 1.165) is 23.3 Å². The minimum atomic E-state index is -1.15. The predicted octanol–water partition coefficient (Wildman–Crippen LogP) is 4.64. The molecular formula is C21H26O3. The van der Waals surface area contributed by atoms with Crippen molar-refractivity contribution in [2.45, 2.75) is 45.0 Å². The van der Waals surface area contributed by atoms with Crippen molar-refractivity contribution >= 4 is 0 Å². The van der Waals surface area contributed by atoms with Crippen molar-refractivity contribution < 1.29 is 14.6 Å². The van der Waals surface area contributed by atoms with E-state index in [1.807, 2.05) is 54.6 Å². The van der Waals surface area contributed by atoms with Crippen molar-refractivity contribution in [2.75, 3.05) is 6.61 Å². The molecule has 1 aliphatic rings. The van der Waals surface area contributed by atoms with E-state index in [0.29, 0.717) is 25.6 Å². The van der Waals surface area contributed by atoms with Gasteiger partial charge in [-0.2, -0.15) is 0 Å². The summed E-state index contributed by atoms with van der Waals surface area (Å²) in [6.45, 7) is 3.37. The Morgan fingerprint density at radius 1 is 1.12 bits per heavy atom. The van der Waals surface area contributed by atoms with E-state index < -0.39 is 5.79 Å². The Hall–Kier alpha value is -1.84. The van der Waals surface area contributed by atoms with Crippen LogP contribution >= 0.6 is 0 Å². The lowest BCUT2D eigenvalue weighted by Gasteiger charge is -2.36. The predicted molar refractivity (Wildman–Crippen MR) is 94.7 cm³/mol. The molecule has 0 spiro atoms. The molecule has 2 aromatic rings. The molecule has 2 atom stereocenters. The minimum Gasteiger partial charge on any atom is -0.489 e. The topological polar surface area (TPSA) is 38.7 Å². The van der Waals surface area contributed by atoms with Gasteiger partial charge in [0.1, 0.15) is 12.4 Å². The first kappa shape index (κ1) is 17.0. The zero-order valence-electron chi connectivity index (χ0n) is 14.3. The SMILES string of the molecule is CCC[C@@H]1CC[C@@](O)(c2ccc(OCc3ccccc3)cc2)OC1. The molecule has 0 radical (unpaired) electrons. The lowest BCUT2D eigenvalue weighted by molar-refractivity contribution is -0.245. The molecule has 24 heavy (non-hydrogen) atoms. The molecule has 1 fully saturated rings. The van der Waals surface area contributed by atoms with Gasteiger partial charge in [0.05, 0.1) is 6.61 Å². The summed E-state index contributed by atoms with van der Waals surface area (Å²) in [5.74, 6) is 0.219. The van der Waals surface area contributed by atoms with Gasteiger partial charge in [0.2, 0.25) is 0 Å². The van der Waals surface area contributed by atoms with Crippen LogP contribution in [0.25, 0.3) is 0 Å². The van der Waals surface area contributed by atoms with E-state index >= 15 is 0 Å². The van der Waals surface area contributed by atoms with Crippen LogP contribution in [0.1, 0.15) is 43.7 Å². The fourth-order valence-electron chi connectivity index (χ4n) is 3.23. The summed E-state index contributed by atoms with van der Waals surface area (Å²) in [6.07, 6.45) is 4.00. The highest BCUT2D eigenvalue weighted by Crippen LogP contribution is 2.36. The molecule has 2 aromatic carbocycles. The molecule has 0 bridgehead atoms. The molecule has 3 heteroatoms. The number of aliphatic hydroxyl groups is 1. The van der Waals surface area contributed by atoms with Crippen molar-refractivity contribution in [2.24, 2.45) is 5.92 Å². The first-order valence-electron chi connectivity index (χ1n) is 8.83. The number of hydrogen-bond donors (Lipinski definition) is 1. The van der Waals surface area contributed by atoms with Crippen LogP contribution in [0, 0.1) is 5.92 Å². The van der Waals surface area contributed by atoms with Crippen molar-refractivity contribution in [3.63, 3.8) is 0 Å². The summed E-state index contributed by atoms with van der Waals surface area (Å²) >= 11 is 0. The highest BCUT2D eigenvalue weighted by molar-refractivity contribution is 5.30. The Balaban J connectivity index is 1.58. The second kappa shape index (κ2) is 7.82. The van der Waals surface area contributed by atoms with Gasteiger partial charge in [-0.3, -0.25) is 0 Å². The maximum atomic E-state index is 10.8. The fourth-order valence-corrected chi connectivity index (χ4v) is 3.23. The van der Waals surface area contributed by atoms with Crippen molar-refractivity contribution in [3.05, 3.63) is 65.7 Å². The molecular weight excluding hydrogens is 300 g/mol. The quantitative estimate of drug-likeness (QED) is 0.840. The first-order valence-corrected chi connectivity index (χ1v) is 8.83. The van der Waals surface area contributed by atoms with Crippen molar-refractivity contribution in [1.29, 1.82) is 0 Å². The molecule has 0 saturated carbocycles. The summed E-state index contributed by atoms with van der Waals surface area (Å²) < 4.78 is 11.6. The zero-order chi connectivity index (χ0) is 16.8. The number of hydrogen-bond acceptors (Lipinski definition) is 3. The second-order valence-electron chi connectivity index (χ2n) is 6.59. The van der Waals surface area contributed by atoms with Gasteiger partial charge in [-0.05, 0) is 48.6 Å². The standard InChI is InChI=1S/C21H26O3/c1-2-6-17-13-14-21(22,24-16-17)19-9-11-20(12-10-19)23-15-18-7-4-3-5-8-18/h3-5,7-12,17,22H,2,6,13-16H2,1H3/t17-,21+/m1/s1. The van der Waals surface area contributed by atoms with Crippen LogP contribution in [-0.2, 0) is 17.1 Å². The van der Waals surface area contributed by atoms with Gasteiger partial charge >= 0.3 is 0 Å². The minimum absolute atomic E-state index is 0.541. The fraction of sp³-hybridized carbons (Fsp3) is 0.429. The molecule has 1 aliphatic heterocycles. The van der Waals surface area contributed by atoms with Gasteiger partial charge in [-0.1, -0.05) is 43.7 Å². The van der Waals surface area contributed by atoms with E-state index in [2.05, 4.69) is 6.92 Å². The molecule has 3 nitrogen and oxygen atoms in total. The molecule has 1 N–H and O–H groups in total. The van der Waals surface area contributed by atoms with Crippen LogP contribution in [0.3, 0.4) is 0 Å². The van der Waals surface area contributed by atoms with Crippen molar-refractivity contribution in [3.8, 4) is 5.75 Å². The van der Waals surface area contributed by atoms with Crippen molar-refractivity contribution in [1.82, 2.24) is 0 Å². The Morgan fingerprint density at radius 3 is 2.50 bits per heavy atom. The summed E-state index contributed by atoms with van der Waals surface area (Å²) in [7, 11) is 0. The zero-order valence-corrected chi connectivity index (χ0v) is 14.3. The van der Waals surface area contributed by atoms with Gasteiger partial charge in [0.15, 0.2) is 5.79 Å². The second-order valence-corrected chi connectivity index (χ2v) is 6.59. The Labute approximate surface area is 144 Å². The van der Waals surface area contributed by atoms with E-state index in [1.54, 1.807) is 0 Å². The lowest BCUT2D eigenvalue weighted by atomic mass is 9.89. The molecule has 0 aromatic heterocycles. The monoisotopic (exact) mass is 326 g/mol. The maximum Gasteiger partial charge on any atom is 0.192 e. The number of benzene rings is 2. The molecule has 0 aliphatic carbocycles. The summed E-state index contributed by atoms with van der Waals surface area (Å²) in [5.41, 5.74) is 1.95. The normalized spacial score (nSPS) is 23.8. The van der Waals surface area contributed by atoms with Gasteiger partial charge in [-0.15, -0.1) is 0 Å². The largest absolute Gasteiger partial charge is 0.489 e.